The van der Waals surface area contributed by atoms with Gasteiger partial charge in [-0.1, -0.05) is 6.07 Å². The molecule has 2 heterocycles. The van der Waals surface area contributed by atoms with Crippen LogP contribution >= 0.6 is 0 Å². The van der Waals surface area contributed by atoms with E-state index in [2.05, 4.69) is 44.3 Å². The van der Waals surface area contributed by atoms with Crippen molar-refractivity contribution in [2.75, 3.05) is 38.1 Å². The molecule has 2 rings (SSSR count). The van der Waals surface area contributed by atoms with Crippen LogP contribution in [0.1, 0.15) is 19.4 Å². The van der Waals surface area contributed by atoms with Gasteiger partial charge in [0.2, 0.25) is 0 Å². The average Bonchev–Trinajstić information content (AvgIpc) is 2.46. The fraction of sp³-hybridized carbons (Fsp3) is 0.600. The van der Waals surface area contributed by atoms with Gasteiger partial charge in [-0.2, -0.15) is 0 Å². The van der Waals surface area contributed by atoms with Gasteiger partial charge in [0.05, 0.1) is 6.54 Å². The summed E-state index contributed by atoms with van der Waals surface area (Å²) < 4.78 is 0. The molecule has 1 aliphatic rings. The van der Waals surface area contributed by atoms with Gasteiger partial charge < -0.3 is 20.9 Å². The van der Waals surface area contributed by atoms with Crippen molar-refractivity contribution < 1.29 is 0 Å². The van der Waals surface area contributed by atoms with Gasteiger partial charge >= 0.3 is 0 Å². The molecule has 0 radical (unpaired) electrons. The number of aliphatic imine (C=N–C) groups is 1. The second kappa shape index (κ2) is 7.26. The smallest absolute Gasteiger partial charge is 0.189 e. The first-order valence-corrected chi connectivity index (χ1v) is 7.49. The van der Waals surface area contributed by atoms with Gasteiger partial charge in [-0.3, -0.25) is 0 Å². The second-order valence-corrected chi connectivity index (χ2v) is 5.82. The largest absolute Gasteiger partial charge is 0.370 e. The number of piperazine rings is 1. The molecule has 0 unspecified atom stereocenters. The van der Waals surface area contributed by atoms with Crippen LogP contribution in [0.4, 0.5) is 5.82 Å². The summed E-state index contributed by atoms with van der Waals surface area (Å²) in [5.74, 6) is 1.53. The van der Waals surface area contributed by atoms with E-state index < -0.39 is 0 Å². The van der Waals surface area contributed by atoms with Crippen molar-refractivity contribution in [1.29, 1.82) is 0 Å². The third-order valence-electron chi connectivity index (χ3n) is 3.50. The van der Waals surface area contributed by atoms with Crippen LogP contribution in [0.25, 0.3) is 0 Å². The van der Waals surface area contributed by atoms with Gasteiger partial charge in [0.1, 0.15) is 5.82 Å². The molecule has 21 heavy (non-hydrogen) atoms. The van der Waals surface area contributed by atoms with Crippen LogP contribution < -0.4 is 16.0 Å². The zero-order valence-corrected chi connectivity index (χ0v) is 13.2. The molecule has 0 amide bonds. The first-order valence-electron chi connectivity index (χ1n) is 7.49. The minimum Gasteiger partial charge on any atom is -0.370 e. The second-order valence-electron chi connectivity index (χ2n) is 5.82. The molecule has 0 saturated carbocycles. The van der Waals surface area contributed by atoms with Crippen LogP contribution in [0.15, 0.2) is 23.3 Å². The van der Waals surface area contributed by atoms with Gasteiger partial charge in [0, 0.05) is 38.4 Å². The highest BCUT2D eigenvalue weighted by atomic mass is 15.3. The minimum absolute atomic E-state index is 0.298. The minimum atomic E-state index is 0.298. The number of nitrogens with one attached hydrogen (secondary N) is 1. The fourth-order valence-corrected chi connectivity index (χ4v) is 2.25. The van der Waals surface area contributed by atoms with Crippen LogP contribution in [-0.4, -0.2) is 55.1 Å². The number of aromatic nitrogens is 1. The van der Waals surface area contributed by atoms with Gasteiger partial charge in [-0.15, -0.1) is 0 Å². The zero-order valence-electron chi connectivity index (χ0n) is 13.2. The van der Waals surface area contributed by atoms with E-state index in [1.807, 2.05) is 20.0 Å². The van der Waals surface area contributed by atoms with Crippen LogP contribution in [0.2, 0.25) is 0 Å². The Morgan fingerprint density at radius 1 is 1.33 bits per heavy atom. The Hall–Kier alpha value is -1.82. The lowest BCUT2D eigenvalue weighted by molar-refractivity contribution is 0.312. The van der Waals surface area contributed by atoms with Gasteiger partial charge in [0.15, 0.2) is 5.96 Å². The maximum Gasteiger partial charge on any atom is 0.189 e. The molecule has 1 fully saturated rings. The lowest BCUT2D eigenvalue weighted by atomic mass is 10.2. The number of nitrogens with zero attached hydrogens (tertiary/aromatic N) is 4. The Morgan fingerprint density at radius 3 is 2.62 bits per heavy atom. The van der Waals surface area contributed by atoms with Crippen LogP contribution in [0.5, 0.6) is 0 Å². The number of likely N-dealkylation sites (N-methyl/N-ethyl adjacent to an activating group) is 1. The van der Waals surface area contributed by atoms with Gasteiger partial charge in [-0.05, 0) is 32.5 Å². The van der Waals surface area contributed by atoms with Crippen molar-refractivity contribution in [3.05, 3.63) is 23.9 Å². The average molecular weight is 290 g/mol. The van der Waals surface area contributed by atoms with E-state index in [0.717, 1.165) is 37.6 Å². The maximum atomic E-state index is 5.79. The van der Waals surface area contributed by atoms with Crippen LogP contribution in [0, 0.1) is 0 Å². The summed E-state index contributed by atoms with van der Waals surface area (Å²) in [7, 11) is 2.15. The lowest BCUT2D eigenvalue weighted by Crippen LogP contribution is -2.44. The number of pyridine rings is 1. The third kappa shape index (κ3) is 4.90. The monoisotopic (exact) mass is 290 g/mol. The molecule has 1 aromatic rings. The first-order chi connectivity index (χ1) is 10.0. The SMILES string of the molecule is CC(C)NC(N)=NCc1ccc(N2CCN(C)CC2)nc1. The molecule has 1 aromatic heterocycles. The molecule has 0 spiro atoms. The molecule has 0 aromatic carbocycles. The fourth-order valence-electron chi connectivity index (χ4n) is 2.25. The van der Waals surface area contributed by atoms with Crippen LogP contribution in [0.3, 0.4) is 0 Å². The quantitative estimate of drug-likeness (QED) is 0.629. The molecule has 6 heteroatoms. The van der Waals surface area contributed by atoms with E-state index in [4.69, 9.17) is 5.73 Å². The maximum absolute atomic E-state index is 5.79. The van der Waals surface area contributed by atoms with E-state index in [9.17, 15) is 0 Å². The van der Waals surface area contributed by atoms with Crippen molar-refractivity contribution in [2.24, 2.45) is 10.7 Å². The van der Waals surface area contributed by atoms with Crippen molar-refractivity contribution >= 4 is 11.8 Å². The molecule has 6 nitrogen and oxygen atoms in total. The van der Waals surface area contributed by atoms with Crippen molar-refractivity contribution in [2.45, 2.75) is 26.4 Å². The standard InChI is InChI=1S/C15H26N6/c1-12(2)19-15(16)18-11-13-4-5-14(17-10-13)21-8-6-20(3)7-9-21/h4-5,10,12H,6-9,11H2,1-3H3,(H3,16,18,19). The highest BCUT2D eigenvalue weighted by Gasteiger charge is 2.14. The molecule has 1 saturated heterocycles. The first kappa shape index (κ1) is 15.6. The third-order valence-corrected chi connectivity index (χ3v) is 3.50. The number of hydrogen-bond acceptors (Lipinski definition) is 4. The van der Waals surface area contributed by atoms with Gasteiger partial charge in [-0.25, -0.2) is 9.98 Å². The van der Waals surface area contributed by atoms with Gasteiger partial charge in [0.25, 0.3) is 0 Å². The summed E-state index contributed by atoms with van der Waals surface area (Å²) in [5, 5.41) is 3.07. The van der Waals surface area contributed by atoms with E-state index in [1.165, 1.54) is 0 Å². The molecular weight excluding hydrogens is 264 g/mol. The van der Waals surface area contributed by atoms with E-state index in [1.54, 1.807) is 0 Å². The summed E-state index contributed by atoms with van der Waals surface area (Å²) in [6, 6.07) is 4.45. The summed E-state index contributed by atoms with van der Waals surface area (Å²) in [5.41, 5.74) is 6.86. The normalized spacial score (nSPS) is 17.3. The van der Waals surface area contributed by atoms with Crippen molar-refractivity contribution in [3.8, 4) is 0 Å². The predicted molar refractivity (Wildman–Crippen MR) is 87.5 cm³/mol. The zero-order chi connectivity index (χ0) is 15.2. The Kier molecular flexibility index (Phi) is 5.38. The number of guanidine groups is 1. The molecule has 3 N–H and O–H groups in total. The molecule has 0 atom stereocenters. The Bertz CT molecular complexity index is 460. The molecule has 0 aliphatic carbocycles. The molecule has 116 valence electrons. The van der Waals surface area contributed by atoms with E-state index in [-0.39, 0.29) is 0 Å². The lowest BCUT2D eigenvalue weighted by Gasteiger charge is -2.33. The van der Waals surface area contributed by atoms with Crippen molar-refractivity contribution in [1.82, 2.24) is 15.2 Å². The summed E-state index contributed by atoms with van der Waals surface area (Å²) in [4.78, 5) is 13.5. The molecule has 1 aliphatic heterocycles. The number of rotatable bonds is 4. The molecular formula is C15H26N6. The highest BCUT2D eigenvalue weighted by Crippen LogP contribution is 2.13. The van der Waals surface area contributed by atoms with Crippen molar-refractivity contribution in [3.63, 3.8) is 0 Å². The number of anilines is 1. The summed E-state index contributed by atoms with van der Waals surface area (Å²) in [6.45, 7) is 8.87. The Morgan fingerprint density at radius 2 is 2.05 bits per heavy atom. The number of hydrogen-bond donors (Lipinski definition) is 2. The van der Waals surface area contributed by atoms with Crippen LogP contribution in [-0.2, 0) is 6.54 Å². The predicted octanol–water partition coefficient (Wildman–Crippen LogP) is 0.646. The molecule has 0 bridgehead atoms. The summed E-state index contributed by atoms with van der Waals surface area (Å²) >= 11 is 0. The number of nitrogens with two attached hydrogens (primary N) is 1. The highest BCUT2D eigenvalue weighted by molar-refractivity contribution is 5.78. The Labute approximate surface area is 127 Å². The summed E-state index contributed by atoms with van der Waals surface area (Å²) in [6.07, 6.45) is 1.89. The van der Waals surface area contributed by atoms with E-state index in [0.29, 0.717) is 18.5 Å². The van der Waals surface area contributed by atoms with E-state index >= 15 is 0 Å². The Balaban J connectivity index is 1.90. The topological polar surface area (TPSA) is 69.8 Å².